The lowest BCUT2D eigenvalue weighted by Crippen LogP contribution is -2.08. The number of nitrogens with two attached hydrogens (primary N) is 1. The van der Waals surface area contributed by atoms with Crippen molar-refractivity contribution in [3.63, 3.8) is 0 Å². The quantitative estimate of drug-likeness (QED) is 0.514. The van der Waals surface area contributed by atoms with Crippen LogP contribution in [0.2, 0.25) is 0 Å². The summed E-state index contributed by atoms with van der Waals surface area (Å²) in [5.41, 5.74) is 11.6. The van der Waals surface area contributed by atoms with Gasteiger partial charge >= 0.3 is 0 Å². The van der Waals surface area contributed by atoms with Gasteiger partial charge in [-0.1, -0.05) is 54.1 Å². The molecule has 0 saturated carbocycles. The van der Waals surface area contributed by atoms with Gasteiger partial charge in [0, 0.05) is 11.1 Å². The van der Waals surface area contributed by atoms with Crippen molar-refractivity contribution in [2.45, 2.75) is 45.6 Å². The average molecular weight is 386 g/mol. The van der Waals surface area contributed by atoms with Crippen LogP contribution in [0.3, 0.4) is 0 Å². The van der Waals surface area contributed by atoms with Gasteiger partial charge in [-0.25, -0.2) is 0 Å². The Morgan fingerprint density at radius 3 is 2.34 bits per heavy atom. The molecule has 0 fully saturated rings. The van der Waals surface area contributed by atoms with Gasteiger partial charge < -0.3 is 10.2 Å². The Kier molecular flexibility index (Phi) is 5.67. The molecular weight excluding hydrogens is 360 g/mol. The van der Waals surface area contributed by atoms with Gasteiger partial charge in [0.1, 0.15) is 0 Å². The molecule has 5 heteroatoms. The Bertz CT molecular complexity index is 1100. The fraction of sp³-hybridized carbons (Fsp3) is 0.292. The zero-order valence-electron chi connectivity index (χ0n) is 16.9. The highest BCUT2D eigenvalue weighted by Crippen LogP contribution is 2.36. The number of aromatic nitrogens is 3. The SMILES string of the molecule is CC(N)c1nnc(-c2c3c(nc4ccccc24)CCCC3)o1.Cc1ccccc1. The molecule has 29 heavy (non-hydrogen) atoms. The molecule has 1 unspecified atom stereocenters. The highest BCUT2D eigenvalue weighted by Gasteiger charge is 2.23. The number of hydrogen-bond donors (Lipinski definition) is 1. The minimum atomic E-state index is -0.259. The second kappa shape index (κ2) is 8.53. The number of benzene rings is 2. The molecule has 5 rings (SSSR count). The van der Waals surface area contributed by atoms with E-state index in [1.54, 1.807) is 0 Å². The summed E-state index contributed by atoms with van der Waals surface area (Å²) in [5.74, 6) is 1.03. The van der Waals surface area contributed by atoms with Crippen molar-refractivity contribution < 1.29 is 4.42 Å². The van der Waals surface area contributed by atoms with Crippen molar-refractivity contribution in [1.82, 2.24) is 15.2 Å². The van der Waals surface area contributed by atoms with Crippen LogP contribution in [-0.4, -0.2) is 15.2 Å². The van der Waals surface area contributed by atoms with Crippen molar-refractivity contribution in [3.05, 3.63) is 77.3 Å². The zero-order valence-corrected chi connectivity index (χ0v) is 16.9. The maximum absolute atomic E-state index is 5.85. The third-order valence-corrected chi connectivity index (χ3v) is 5.15. The van der Waals surface area contributed by atoms with E-state index in [2.05, 4.69) is 35.3 Å². The van der Waals surface area contributed by atoms with Crippen molar-refractivity contribution in [1.29, 1.82) is 0 Å². The molecule has 0 spiro atoms. The fourth-order valence-electron chi connectivity index (χ4n) is 3.67. The smallest absolute Gasteiger partial charge is 0.248 e. The van der Waals surface area contributed by atoms with Gasteiger partial charge in [-0.15, -0.1) is 10.2 Å². The van der Waals surface area contributed by atoms with Gasteiger partial charge in [-0.3, -0.25) is 4.98 Å². The van der Waals surface area contributed by atoms with E-state index in [9.17, 15) is 0 Å². The monoisotopic (exact) mass is 386 g/mol. The number of hydrogen-bond acceptors (Lipinski definition) is 5. The van der Waals surface area contributed by atoms with E-state index >= 15 is 0 Å². The maximum atomic E-state index is 5.85. The molecule has 4 aromatic rings. The Morgan fingerprint density at radius 2 is 1.66 bits per heavy atom. The summed E-state index contributed by atoms with van der Waals surface area (Å²) in [6.45, 7) is 3.93. The van der Waals surface area contributed by atoms with E-state index < -0.39 is 0 Å². The lowest BCUT2D eigenvalue weighted by Gasteiger charge is -2.19. The Hall–Kier alpha value is -3.05. The second-order valence-electron chi connectivity index (χ2n) is 7.53. The fourth-order valence-corrected chi connectivity index (χ4v) is 3.67. The minimum Gasteiger partial charge on any atom is -0.419 e. The highest BCUT2D eigenvalue weighted by molar-refractivity contribution is 5.94. The van der Waals surface area contributed by atoms with Crippen LogP contribution in [0.4, 0.5) is 0 Å². The van der Waals surface area contributed by atoms with E-state index in [0.29, 0.717) is 11.8 Å². The summed E-state index contributed by atoms with van der Waals surface area (Å²) in [7, 11) is 0. The largest absolute Gasteiger partial charge is 0.419 e. The lowest BCUT2D eigenvalue weighted by molar-refractivity contribution is 0.473. The van der Waals surface area contributed by atoms with Gasteiger partial charge in [-0.2, -0.15) is 0 Å². The Morgan fingerprint density at radius 1 is 0.931 bits per heavy atom. The first-order chi connectivity index (χ1) is 14.1. The minimum absolute atomic E-state index is 0.259. The first kappa shape index (κ1) is 19.3. The Balaban J connectivity index is 0.000000249. The topological polar surface area (TPSA) is 77.8 Å². The molecule has 1 atom stereocenters. The van der Waals surface area contributed by atoms with E-state index in [-0.39, 0.29) is 6.04 Å². The molecule has 148 valence electrons. The predicted octanol–water partition coefficient (Wildman–Crippen LogP) is 5.18. The summed E-state index contributed by atoms with van der Waals surface area (Å²) >= 11 is 0. The van der Waals surface area contributed by atoms with Crippen LogP contribution in [0.15, 0.2) is 59.0 Å². The molecule has 5 nitrogen and oxygen atoms in total. The number of rotatable bonds is 2. The molecule has 1 aliphatic rings. The Labute approximate surface area is 171 Å². The van der Waals surface area contributed by atoms with Crippen LogP contribution >= 0.6 is 0 Å². The number of para-hydroxylation sites is 1. The van der Waals surface area contributed by atoms with E-state index in [0.717, 1.165) is 29.3 Å². The van der Waals surface area contributed by atoms with Crippen molar-refractivity contribution in [3.8, 4) is 11.5 Å². The number of pyridine rings is 1. The number of fused-ring (bicyclic) bond motifs is 2. The maximum Gasteiger partial charge on any atom is 0.248 e. The summed E-state index contributed by atoms with van der Waals surface area (Å²) in [6, 6.07) is 18.1. The lowest BCUT2D eigenvalue weighted by atomic mass is 9.90. The van der Waals surface area contributed by atoms with Gasteiger partial charge in [0.25, 0.3) is 0 Å². The molecule has 0 amide bonds. The van der Waals surface area contributed by atoms with Crippen LogP contribution in [-0.2, 0) is 12.8 Å². The molecule has 2 N–H and O–H groups in total. The third kappa shape index (κ3) is 4.20. The van der Waals surface area contributed by atoms with Gasteiger partial charge in [0.05, 0.1) is 17.1 Å². The molecule has 2 aromatic heterocycles. The predicted molar refractivity (Wildman–Crippen MR) is 115 cm³/mol. The van der Waals surface area contributed by atoms with E-state index in [1.165, 1.54) is 29.7 Å². The van der Waals surface area contributed by atoms with Crippen molar-refractivity contribution in [2.75, 3.05) is 0 Å². The molecular formula is C24H26N4O. The molecule has 1 aliphatic carbocycles. The van der Waals surface area contributed by atoms with Crippen LogP contribution in [0.25, 0.3) is 22.4 Å². The molecule has 2 aromatic carbocycles. The highest BCUT2D eigenvalue weighted by atomic mass is 16.4. The van der Waals surface area contributed by atoms with Gasteiger partial charge in [-0.05, 0) is 51.2 Å². The summed E-state index contributed by atoms with van der Waals surface area (Å²) < 4.78 is 5.83. The molecule has 0 bridgehead atoms. The molecule has 0 aliphatic heterocycles. The zero-order chi connectivity index (χ0) is 20.2. The first-order valence-corrected chi connectivity index (χ1v) is 10.1. The van der Waals surface area contributed by atoms with Crippen LogP contribution < -0.4 is 5.73 Å². The van der Waals surface area contributed by atoms with Crippen LogP contribution in [0, 0.1) is 6.92 Å². The van der Waals surface area contributed by atoms with Crippen LogP contribution in [0.1, 0.15) is 48.5 Å². The van der Waals surface area contributed by atoms with E-state index in [1.807, 2.05) is 43.3 Å². The van der Waals surface area contributed by atoms with Crippen molar-refractivity contribution >= 4 is 10.9 Å². The van der Waals surface area contributed by atoms with Crippen molar-refractivity contribution in [2.24, 2.45) is 5.73 Å². The third-order valence-electron chi connectivity index (χ3n) is 5.15. The van der Waals surface area contributed by atoms with Gasteiger partial charge in [0.15, 0.2) is 0 Å². The summed E-state index contributed by atoms with van der Waals surface area (Å²) in [4.78, 5) is 4.83. The molecule has 0 saturated heterocycles. The summed E-state index contributed by atoms with van der Waals surface area (Å²) in [5, 5.41) is 9.40. The second-order valence-corrected chi connectivity index (χ2v) is 7.53. The summed E-state index contributed by atoms with van der Waals surface area (Å²) in [6.07, 6.45) is 4.39. The molecule has 0 radical (unpaired) electrons. The average Bonchev–Trinajstić information content (AvgIpc) is 3.23. The number of aryl methyl sites for hydroxylation is 2. The molecule has 2 heterocycles. The normalized spacial score (nSPS) is 14.0. The number of nitrogens with zero attached hydrogens (tertiary/aromatic N) is 3. The standard InChI is InChI=1S/C17H18N4O.C7H8/c1-10(18)16-20-21-17(22-16)15-11-6-2-4-8-13(11)19-14-9-5-3-7-12(14)15;1-7-5-3-2-4-6-7/h2,4,6,8,10H,3,5,7,9,18H2,1H3;2-6H,1H3. The van der Waals surface area contributed by atoms with Gasteiger partial charge in [0.2, 0.25) is 11.8 Å². The first-order valence-electron chi connectivity index (χ1n) is 10.1. The van der Waals surface area contributed by atoms with Crippen LogP contribution in [0.5, 0.6) is 0 Å². The van der Waals surface area contributed by atoms with E-state index in [4.69, 9.17) is 15.1 Å².